The number of rotatable bonds is 1. The van der Waals surface area contributed by atoms with E-state index in [4.69, 9.17) is 5.73 Å². The number of ether oxygens (including phenoxy) is 1. The Balaban J connectivity index is 2.52. The van der Waals surface area contributed by atoms with Crippen molar-refractivity contribution in [3.8, 4) is 5.75 Å². The maximum absolute atomic E-state index is 12.0. The van der Waals surface area contributed by atoms with E-state index in [2.05, 4.69) is 25.7 Å². The van der Waals surface area contributed by atoms with Gasteiger partial charge < -0.3 is 10.5 Å². The molecule has 0 atom stereocenters. The Labute approximate surface area is 100 Å². The maximum Gasteiger partial charge on any atom is 0.573 e. The van der Waals surface area contributed by atoms with Gasteiger partial charge in [-0.3, -0.25) is 0 Å². The van der Waals surface area contributed by atoms with Crippen LogP contribution in [0.1, 0.15) is 0 Å². The number of halogens is 4. The lowest BCUT2D eigenvalue weighted by Gasteiger charge is -2.10. The molecule has 1 aromatic carbocycles. The number of anilines is 1. The number of thiazole rings is 1. The Morgan fingerprint density at radius 2 is 2.06 bits per heavy atom. The first-order chi connectivity index (χ1) is 7.37. The van der Waals surface area contributed by atoms with Gasteiger partial charge >= 0.3 is 6.36 Å². The van der Waals surface area contributed by atoms with E-state index in [1.54, 1.807) is 0 Å². The molecule has 0 fully saturated rings. The number of hydrogen-bond donors (Lipinski definition) is 1. The van der Waals surface area contributed by atoms with Gasteiger partial charge in [0.1, 0.15) is 11.3 Å². The summed E-state index contributed by atoms with van der Waals surface area (Å²) in [6.07, 6.45) is -4.72. The van der Waals surface area contributed by atoms with Crippen LogP contribution in [0.15, 0.2) is 16.6 Å². The molecule has 0 amide bonds. The van der Waals surface area contributed by atoms with E-state index in [0.717, 1.165) is 0 Å². The minimum absolute atomic E-state index is 0.148. The SMILES string of the molecule is Nc1nc2c(Br)c(OC(F)(F)F)ccc2s1. The first-order valence-electron chi connectivity index (χ1n) is 3.97. The molecule has 1 aromatic heterocycles. The third kappa shape index (κ3) is 2.22. The van der Waals surface area contributed by atoms with Crippen LogP contribution in [0, 0.1) is 0 Å². The highest BCUT2D eigenvalue weighted by Gasteiger charge is 2.32. The van der Waals surface area contributed by atoms with E-state index in [9.17, 15) is 13.2 Å². The van der Waals surface area contributed by atoms with Gasteiger partial charge in [0, 0.05) is 0 Å². The Hall–Kier alpha value is -1.02. The Bertz CT molecular complexity index is 540. The molecule has 0 saturated heterocycles. The molecule has 3 nitrogen and oxygen atoms in total. The van der Waals surface area contributed by atoms with Crippen molar-refractivity contribution < 1.29 is 17.9 Å². The van der Waals surface area contributed by atoms with Crippen molar-refractivity contribution in [1.82, 2.24) is 4.98 Å². The summed E-state index contributed by atoms with van der Waals surface area (Å²) in [6, 6.07) is 2.70. The Kier molecular flexibility index (Phi) is 2.70. The average Bonchev–Trinajstić information content (AvgIpc) is 2.50. The molecular formula is C8H4BrF3N2OS. The summed E-state index contributed by atoms with van der Waals surface area (Å²) in [4.78, 5) is 3.91. The summed E-state index contributed by atoms with van der Waals surface area (Å²) in [5, 5.41) is 0.292. The van der Waals surface area contributed by atoms with Crippen LogP contribution >= 0.6 is 27.3 Å². The first kappa shape index (κ1) is 11.5. The summed E-state index contributed by atoms with van der Waals surface area (Å²) >= 11 is 4.20. The van der Waals surface area contributed by atoms with Gasteiger partial charge in [0.25, 0.3) is 0 Å². The van der Waals surface area contributed by atoms with Gasteiger partial charge in [0.05, 0.1) is 9.17 Å². The van der Waals surface area contributed by atoms with E-state index in [1.807, 2.05) is 0 Å². The minimum atomic E-state index is -4.72. The quantitative estimate of drug-likeness (QED) is 0.876. The number of nitrogens with zero attached hydrogens (tertiary/aromatic N) is 1. The topological polar surface area (TPSA) is 48.1 Å². The van der Waals surface area contributed by atoms with Crippen molar-refractivity contribution in [3.63, 3.8) is 0 Å². The zero-order valence-electron chi connectivity index (χ0n) is 7.51. The number of fused-ring (bicyclic) bond motifs is 1. The molecule has 2 aromatic rings. The van der Waals surface area contributed by atoms with Gasteiger partial charge in [-0.15, -0.1) is 13.2 Å². The number of benzene rings is 1. The van der Waals surface area contributed by atoms with Crippen LogP contribution in [-0.4, -0.2) is 11.3 Å². The van der Waals surface area contributed by atoms with Gasteiger partial charge in [-0.1, -0.05) is 11.3 Å². The average molecular weight is 313 g/mol. The second kappa shape index (κ2) is 3.77. The lowest BCUT2D eigenvalue weighted by Crippen LogP contribution is -2.17. The molecule has 2 rings (SSSR count). The van der Waals surface area contributed by atoms with Crippen molar-refractivity contribution in [2.24, 2.45) is 0 Å². The molecule has 0 aliphatic rings. The van der Waals surface area contributed by atoms with Crippen LogP contribution in [0.25, 0.3) is 10.2 Å². The number of nitrogens with two attached hydrogens (primary N) is 1. The van der Waals surface area contributed by atoms with Gasteiger partial charge in [-0.2, -0.15) is 0 Å². The fourth-order valence-corrected chi connectivity index (χ4v) is 2.55. The zero-order valence-corrected chi connectivity index (χ0v) is 9.91. The molecule has 0 saturated carbocycles. The number of hydrogen-bond acceptors (Lipinski definition) is 4. The second-order valence-electron chi connectivity index (χ2n) is 2.82. The monoisotopic (exact) mass is 312 g/mol. The number of alkyl halides is 3. The van der Waals surface area contributed by atoms with Gasteiger partial charge in [-0.05, 0) is 28.1 Å². The molecular weight excluding hydrogens is 309 g/mol. The highest BCUT2D eigenvalue weighted by Crippen LogP contribution is 2.38. The van der Waals surface area contributed by atoms with E-state index in [1.165, 1.54) is 23.5 Å². The number of aromatic nitrogens is 1. The van der Waals surface area contributed by atoms with Crippen LogP contribution in [0.4, 0.5) is 18.3 Å². The third-order valence-electron chi connectivity index (χ3n) is 1.71. The zero-order chi connectivity index (χ0) is 11.9. The lowest BCUT2D eigenvalue weighted by atomic mass is 10.3. The first-order valence-corrected chi connectivity index (χ1v) is 5.58. The molecule has 2 N–H and O–H groups in total. The summed E-state index contributed by atoms with van der Waals surface area (Å²) in [5.41, 5.74) is 5.83. The van der Waals surface area contributed by atoms with Crippen LogP contribution in [0.2, 0.25) is 0 Å². The summed E-state index contributed by atoms with van der Waals surface area (Å²) in [5.74, 6) is -0.328. The van der Waals surface area contributed by atoms with Crippen molar-refractivity contribution in [1.29, 1.82) is 0 Å². The van der Waals surface area contributed by atoms with E-state index < -0.39 is 6.36 Å². The maximum atomic E-state index is 12.0. The summed E-state index contributed by atoms with van der Waals surface area (Å²) in [7, 11) is 0. The fraction of sp³-hybridized carbons (Fsp3) is 0.125. The van der Waals surface area contributed by atoms with E-state index in [-0.39, 0.29) is 10.2 Å². The third-order valence-corrected chi connectivity index (χ3v) is 3.32. The van der Waals surface area contributed by atoms with E-state index in [0.29, 0.717) is 15.3 Å². The minimum Gasteiger partial charge on any atom is -0.404 e. The van der Waals surface area contributed by atoms with Crippen LogP contribution < -0.4 is 10.5 Å². The predicted octanol–water partition coefficient (Wildman–Crippen LogP) is 3.54. The highest BCUT2D eigenvalue weighted by atomic mass is 79.9. The molecule has 0 spiro atoms. The van der Waals surface area contributed by atoms with Gasteiger partial charge in [-0.25, -0.2) is 4.98 Å². The fourth-order valence-electron chi connectivity index (χ4n) is 1.16. The smallest absolute Gasteiger partial charge is 0.404 e. The molecule has 0 radical (unpaired) electrons. The molecule has 0 aliphatic heterocycles. The molecule has 0 aliphatic carbocycles. The normalized spacial score (nSPS) is 12.0. The van der Waals surface area contributed by atoms with Crippen molar-refractivity contribution in [3.05, 3.63) is 16.6 Å². The van der Waals surface area contributed by atoms with Gasteiger partial charge in [0.2, 0.25) is 0 Å². The predicted molar refractivity (Wildman–Crippen MR) is 58.4 cm³/mol. The largest absolute Gasteiger partial charge is 0.573 e. The molecule has 16 heavy (non-hydrogen) atoms. The van der Waals surface area contributed by atoms with E-state index >= 15 is 0 Å². The summed E-state index contributed by atoms with van der Waals surface area (Å²) < 4.78 is 40.8. The standard InChI is InChI=1S/C8H4BrF3N2OS/c9-5-3(15-8(10,11)12)1-2-4-6(5)14-7(13)16-4/h1-2H,(H2,13,14). The Morgan fingerprint density at radius 3 is 2.69 bits per heavy atom. The van der Waals surface area contributed by atoms with Crippen molar-refractivity contribution in [2.75, 3.05) is 5.73 Å². The second-order valence-corrected chi connectivity index (χ2v) is 4.68. The van der Waals surface area contributed by atoms with Crippen LogP contribution in [-0.2, 0) is 0 Å². The highest BCUT2D eigenvalue weighted by molar-refractivity contribution is 9.10. The van der Waals surface area contributed by atoms with Crippen molar-refractivity contribution >= 4 is 42.6 Å². The molecule has 1 heterocycles. The van der Waals surface area contributed by atoms with Gasteiger partial charge in [0.15, 0.2) is 5.13 Å². The molecule has 0 bridgehead atoms. The summed E-state index contributed by atoms with van der Waals surface area (Å²) in [6.45, 7) is 0. The lowest BCUT2D eigenvalue weighted by molar-refractivity contribution is -0.274. The molecule has 8 heteroatoms. The molecule has 0 unspecified atom stereocenters. The molecule has 86 valence electrons. The van der Waals surface area contributed by atoms with Crippen molar-refractivity contribution in [2.45, 2.75) is 6.36 Å². The number of nitrogen functional groups attached to an aromatic ring is 1. The van der Waals surface area contributed by atoms with Crippen LogP contribution in [0.5, 0.6) is 5.75 Å². The van der Waals surface area contributed by atoms with Crippen LogP contribution in [0.3, 0.4) is 0 Å². The Morgan fingerprint density at radius 1 is 1.38 bits per heavy atom.